The smallest absolute Gasteiger partial charge is 0.338 e. The van der Waals surface area contributed by atoms with E-state index < -0.39 is 11.9 Å². The number of benzene rings is 1. The van der Waals surface area contributed by atoms with Crippen molar-refractivity contribution in [3.8, 4) is 0 Å². The topological polar surface area (TPSA) is 111 Å². The van der Waals surface area contributed by atoms with Gasteiger partial charge in [-0.05, 0) is 57.0 Å². The molecule has 0 atom stereocenters. The Morgan fingerprint density at radius 2 is 1.59 bits per heavy atom. The molecule has 1 aliphatic rings. The predicted molar refractivity (Wildman–Crippen MR) is 119 cm³/mol. The lowest BCUT2D eigenvalue weighted by molar-refractivity contribution is -0.120. The summed E-state index contributed by atoms with van der Waals surface area (Å²) in [6.07, 6.45) is 1.25. The molecule has 2 heterocycles. The second kappa shape index (κ2) is 10.9. The zero-order chi connectivity index (χ0) is 23.1. The number of halogens is 1. The van der Waals surface area contributed by atoms with E-state index in [-0.39, 0.29) is 36.2 Å². The van der Waals surface area contributed by atoms with E-state index in [9.17, 15) is 14.4 Å². The van der Waals surface area contributed by atoms with E-state index in [1.165, 1.54) is 18.2 Å². The molecular weight excluding hydrogens is 436 g/mol. The number of carbonyl (C=O) groups excluding carboxylic acids is 3. The van der Waals surface area contributed by atoms with Crippen LogP contribution in [-0.4, -0.2) is 54.3 Å². The third kappa shape index (κ3) is 5.94. The first-order valence-corrected chi connectivity index (χ1v) is 10.8. The first-order valence-electron chi connectivity index (χ1n) is 10.5. The van der Waals surface area contributed by atoms with Gasteiger partial charge in [0.05, 0.1) is 24.3 Å². The van der Waals surface area contributed by atoms with Crippen LogP contribution >= 0.6 is 11.6 Å². The number of hydrogen-bond donors (Lipinski definition) is 1. The minimum absolute atomic E-state index is 0.170. The van der Waals surface area contributed by atoms with Gasteiger partial charge >= 0.3 is 11.9 Å². The van der Waals surface area contributed by atoms with Crippen molar-refractivity contribution in [2.75, 3.05) is 36.5 Å². The van der Waals surface area contributed by atoms with Crippen molar-refractivity contribution in [3.63, 3.8) is 0 Å². The summed E-state index contributed by atoms with van der Waals surface area (Å²) in [4.78, 5) is 39.3. The van der Waals surface area contributed by atoms with Gasteiger partial charge in [0.25, 0.3) is 0 Å². The maximum atomic E-state index is 12.9. The van der Waals surface area contributed by atoms with Gasteiger partial charge in [-0.3, -0.25) is 4.79 Å². The summed E-state index contributed by atoms with van der Waals surface area (Å²) in [5.41, 5.74) is 0.683. The summed E-state index contributed by atoms with van der Waals surface area (Å²) in [6, 6.07) is 7.87. The summed E-state index contributed by atoms with van der Waals surface area (Å²) in [7, 11) is 0. The second-order valence-corrected chi connectivity index (χ2v) is 7.59. The van der Waals surface area contributed by atoms with E-state index in [1.54, 1.807) is 26.0 Å². The quantitative estimate of drug-likeness (QED) is 0.626. The molecule has 1 N–H and O–H groups in total. The maximum absolute atomic E-state index is 12.9. The van der Waals surface area contributed by atoms with Gasteiger partial charge in [-0.25, -0.2) is 9.59 Å². The number of rotatable bonds is 7. The van der Waals surface area contributed by atoms with Gasteiger partial charge in [0.1, 0.15) is 0 Å². The molecule has 0 aliphatic carbocycles. The van der Waals surface area contributed by atoms with Gasteiger partial charge in [0, 0.05) is 24.7 Å². The SMILES string of the molecule is CCOC(=O)c1cc(NC(=O)C2CCN(c3ccc(Cl)nn3)CC2)cc(C(=O)OCC)c1. The first kappa shape index (κ1) is 23.5. The van der Waals surface area contributed by atoms with E-state index in [0.29, 0.717) is 36.8 Å². The van der Waals surface area contributed by atoms with Gasteiger partial charge in [-0.1, -0.05) is 11.6 Å². The number of ether oxygens (including phenoxy) is 2. The summed E-state index contributed by atoms with van der Waals surface area (Å²) in [6.45, 7) is 5.06. The zero-order valence-electron chi connectivity index (χ0n) is 18.0. The van der Waals surface area contributed by atoms with Gasteiger partial charge < -0.3 is 19.7 Å². The Labute approximate surface area is 191 Å². The van der Waals surface area contributed by atoms with Crippen LogP contribution in [0.2, 0.25) is 5.15 Å². The Kier molecular flexibility index (Phi) is 7.99. The van der Waals surface area contributed by atoms with Gasteiger partial charge in [-0.2, -0.15) is 0 Å². The number of carbonyl (C=O) groups is 3. The van der Waals surface area contributed by atoms with Crippen molar-refractivity contribution >= 4 is 41.0 Å². The van der Waals surface area contributed by atoms with Crippen molar-refractivity contribution < 1.29 is 23.9 Å². The molecule has 1 aliphatic heterocycles. The number of piperidine rings is 1. The van der Waals surface area contributed by atoms with Crippen LogP contribution in [0.4, 0.5) is 11.5 Å². The highest BCUT2D eigenvalue weighted by Crippen LogP contribution is 2.24. The predicted octanol–water partition coefficient (Wildman–Crippen LogP) is 3.34. The average Bonchev–Trinajstić information content (AvgIpc) is 2.80. The molecule has 1 amide bonds. The molecule has 0 saturated carbocycles. The lowest BCUT2D eigenvalue weighted by Crippen LogP contribution is -2.38. The summed E-state index contributed by atoms with van der Waals surface area (Å²) >= 11 is 5.79. The Hall–Kier alpha value is -3.20. The highest BCUT2D eigenvalue weighted by Gasteiger charge is 2.26. The summed E-state index contributed by atoms with van der Waals surface area (Å²) in [5, 5.41) is 11.1. The second-order valence-electron chi connectivity index (χ2n) is 7.20. The van der Waals surface area contributed by atoms with Crippen molar-refractivity contribution in [1.29, 1.82) is 0 Å². The summed E-state index contributed by atoms with van der Waals surface area (Å²) < 4.78 is 10.1. The first-order chi connectivity index (χ1) is 15.4. The lowest BCUT2D eigenvalue weighted by Gasteiger charge is -2.31. The fourth-order valence-electron chi connectivity index (χ4n) is 3.46. The van der Waals surface area contributed by atoms with E-state index >= 15 is 0 Å². The van der Waals surface area contributed by atoms with Crippen molar-refractivity contribution in [2.24, 2.45) is 5.92 Å². The van der Waals surface area contributed by atoms with E-state index in [0.717, 1.165) is 5.82 Å². The number of nitrogens with one attached hydrogen (secondary N) is 1. The fourth-order valence-corrected chi connectivity index (χ4v) is 3.56. The average molecular weight is 461 g/mol. The number of anilines is 2. The van der Waals surface area contributed by atoms with Gasteiger partial charge in [-0.15, -0.1) is 10.2 Å². The van der Waals surface area contributed by atoms with Crippen LogP contribution in [0, 0.1) is 5.92 Å². The molecule has 1 saturated heterocycles. The van der Waals surface area contributed by atoms with Crippen LogP contribution in [0.5, 0.6) is 0 Å². The number of nitrogens with zero attached hydrogens (tertiary/aromatic N) is 3. The normalized spacial score (nSPS) is 14.0. The van der Waals surface area contributed by atoms with E-state index in [2.05, 4.69) is 15.5 Å². The van der Waals surface area contributed by atoms with Gasteiger partial charge in [0.15, 0.2) is 11.0 Å². The van der Waals surface area contributed by atoms with Crippen molar-refractivity contribution in [2.45, 2.75) is 26.7 Å². The summed E-state index contributed by atoms with van der Waals surface area (Å²) in [5.74, 6) is -0.834. The third-order valence-corrected chi connectivity index (χ3v) is 5.23. The standard InChI is InChI=1S/C22H25ClN4O5/c1-3-31-21(29)15-11-16(22(30)32-4-2)13-17(12-15)24-20(28)14-7-9-27(10-8-14)19-6-5-18(23)25-26-19/h5-6,11-14H,3-4,7-10H2,1-2H3,(H,24,28). The van der Waals surface area contributed by atoms with Crippen LogP contribution in [0.1, 0.15) is 47.4 Å². The molecule has 3 rings (SSSR count). The largest absolute Gasteiger partial charge is 0.462 e. The number of amides is 1. The number of hydrogen-bond acceptors (Lipinski definition) is 8. The highest BCUT2D eigenvalue weighted by atomic mass is 35.5. The molecule has 0 spiro atoms. The molecule has 0 unspecified atom stereocenters. The molecular formula is C22H25ClN4O5. The monoisotopic (exact) mass is 460 g/mol. The Balaban J connectivity index is 1.69. The molecule has 0 bridgehead atoms. The fraction of sp³-hybridized carbons (Fsp3) is 0.409. The van der Waals surface area contributed by atoms with Crippen LogP contribution < -0.4 is 10.2 Å². The number of aromatic nitrogens is 2. The number of esters is 2. The molecule has 10 heteroatoms. The maximum Gasteiger partial charge on any atom is 0.338 e. The molecule has 0 radical (unpaired) electrons. The molecule has 170 valence electrons. The third-order valence-electron chi connectivity index (χ3n) is 5.03. The van der Waals surface area contributed by atoms with Crippen molar-refractivity contribution in [3.05, 3.63) is 46.6 Å². The van der Waals surface area contributed by atoms with Crippen LogP contribution in [0.25, 0.3) is 0 Å². The Morgan fingerprint density at radius 1 is 1.00 bits per heavy atom. The minimum Gasteiger partial charge on any atom is -0.462 e. The minimum atomic E-state index is -0.577. The Morgan fingerprint density at radius 3 is 2.09 bits per heavy atom. The zero-order valence-corrected chi connectivity index (χ0v) is 18.7. The molecule has 1 aromatic carbocycles. The van der Waals surface area contributed by atoms with Crippen molar-refractivity contribution in [1.82, 2.24) is 10.2 Å². The lowest BCUT2D eigenvalue weighted by atomic mass is 9.95. The van der Waals surface area contributed by atoms with E-state index in [1.807, 2.05) is 4.90 Å². The molecule has 2 aromatic rings. The van der Waals surface area contributed by atoms with Gasteiger partial charge in [0.2, 0.25) is 5.91 Å². The van der Waals surface area contributed by atoms with Crippen LogP contribution in [-0.2, 0) is 14.3 Å². The molecule has 32 heavy (non-hydrogen) atoms. The molecule has 1 aromatic heterocycles. The van der Waals surface area contributed by atoms with E-state index in [4.69, 9.17) is 21.1 Å². The molecule has 1 fully saturated rings. The molecule has 9 nitrogen and oxygen atoms in total. The highest BCUT2D eigenvalue weighted by molar-refractivity contribution is 6.29. The van der Waals surface area contributed by atoms with Crippen LogP contribution in [0.3, 0.4) is 0 Å². The van der Waals surface area contributed by atoms with Crippen LogP contribution in [0.15, 0.2) is 30.3 Å². The Bertz CT molecular complexity index is 939.